The van der Waals surface area contributed by atoms with Gasteiger partial charge >= 0.3 is 0 Å². The molecule has 0 aromatic heterocycles. The van der Waals surface area contributed by atoms with Gasteiger partial charge < -0.3 is 14.4 Å². The van der Waals surface area contributed by atoms with Crippen molar-refractivity contribution < 1.29 is 19.1 Å². The van der Waals surface area contributed by atoms with E-state index in [-0.39, 0.29) is 11.8 Å². The van der Waals surface area contributed by atoms with E-state index >= 15 is 0 Å². The summed E-state index contributed by atoms with van der Waals surface area (Å²) in [5.74, 6) is 0.910. The van der Waals surface area contributed by atoms with E-state index in [0.717, 1.165) is 48.3 Å². The Hall–Kier alpha value is -3.44. The van der Waals surface area contributed by atoms with Gasteiger partial charge in [-0.05, 0) is 48.4 Å². The molecule has 0 N–H and O–H groups in total. The lowest BCUT2D eigenvalue weighted by Crippen LogP contribution is -2.27. The van der Waals surface area contributed by atoms with Gasteiger partial charge in [0.15, 0.2) is 0 Å². The van der Waals surface area contributed by atoms with Gasteiger partial charge in [0.1, 0.15) is 11.5 Å². The molecule has 2 heterocycles. The van der Waals surface area contributed by atoms with Crippen LogP contribution < -0.4 is 14.4 Å². The van der Waals surface area contributed by atoms with Gasteiger partial charge in [-0.2, -0.15) is 5.26 Å². The maximum absolute atomic E-state index is 13.0. The van der Waals surface area contributed by atoms with Crippen molar-refractivity contribution in [3.63, 3.8) is 0 Å². The molecule has 0 aliphatic carbocycles. The summed E-state index contributed by atoms with van der Waals surface area (Å²) in [6.07, 6.45) is 3.93. The first-order valence-electron chi connectivity index (χ1n) is 10.3. The number of imide groups is 1. The van der Waals surface area contributed by atoms with Crippen LogP contribution in [0.25, 0.3) is 6.08 Å². The Labute approximate surface area is 191 Å². The summed E-state index contributed by atoms with van der Waals surface area (Å²) in [5.41, 5.74) is 2.70. The van der Waals surface area contributed by atoms with Crippen LogP contribution in [0, 0.1) is 11.3 Å². The van der Waals surface area contributed by atoms with Gasteiger partial charge in [0.25, 0.3) is 11.1 Å². The van der Waals surface area contributed by atoms with E-state index in [0.29, 0.717) is 33.1 Å². The predicted molar refractivity (Wildman–Crippen MR) is 124 cm³/mol. The molecule has 2 aromatic rings. The molecular weight excluding hydrogens is 426 g/mol. The molecule has 0 unspecified atom stereocenters. The van der Waals surface area contributed by atoms with Gasteiger partial charge in [0, 0.05) is 24.7 Å². The van der Waals surface area contributed by atoms with Crippen LogP contribution in [0.15, 0.2) is 41.3 Å². The fraction of sp³-hybridized carbons (Fsp3) is 0.292. The molecule has 8 heteroatoms. The molecule has 2 amide bonds. The number of methoxy groups -OCH3 is 2. The fourth-order valence-electron chi connectivity index (χ4n) is 3.94. The van der Waals surface area contributed by atoms with E-state index in [4.69, 9.17) is 9.47 Å². The molecule has 0 spiro atoms. The van der Waals surface area contributed by atoms with Gasteiger partial charge in [-0.1, -0.05) is 18.2 Å². The Bertz CT molecular complexity index is 1130. The highest BCUT2D eigenvalue weighted by Gasteiger charge is 2.35. The SMILES string of the molecule is COc1cc(N2CCCC2)c(OC)cc1/C=C1/SC(=O)N(Cc2ccccc2C#N)C1=O. The molecule has 4 rings (SSSR count). The maximum atomic E-state index is 13.0. The first-order chi connectivity index (χ1) is 15.5. The maximum Gasteiger partial charge on any atom is 0.293 e. The van der Waals surface area contributed by atoms with E-state index in [9.17, 15) is 14.9 Å². The third-order valence-corrected chi connectivity index (χ3v) is 6.51. The van der Waals surface area contributed by atoms with Crippen molar-refractivity contribution in [3.8, 4) is 17.6 Å². The van der Waals surface area contributed by atoms with Crippen molar-refractivity contribution in [1.29, 1.82) is 5.26 Å². The monoisotopic (exact) mass is 449 g/mol. The molecule has 2 aromatic carbocycles. The van der Waals surface area contributed by atoms with Crippen molar-refractivity contribution in [2.75, 3.05) is 32.2 Å². The molecule has 2 fully saturated rings. The van der Waals surface area contributed by atoms with Crippen molar-refractivity contribution in [2.45, 2.75) is 19.4 Å². The van der Waals surface area contributed by atoms with Crippen molar-refractivity contribution in [2.24, 2.45) is 0 Å². The molecule has 164 valence electrons. The van der Waals surface area contributed by atoms with Crippen LogP contribution in [0.2, 0.25) is 0 Å². The van der Waals surface area contributed by atoms with E-state index in [2.05, 4.69) is 11.0 Å². The first-order valence-corrected chi connectivity index (χ1v) is 11.1. The topological polar surface area (TPSA) is 82.9 Å². The number of anilines is 1. The normalized spacial score (nSPS) is 17.2. The summed E-state index contributed by atoms with van der Waals surface area (Å²) in [4.78, 5) is 29.3. The number of hydrogen-bond donors (Lipinski definition) is 0. The number of hydrogen-bond acceptors (Lipinski definition) is 7. The lowest BCUT2D eigenvalue weighted by Gasteiger charge is -2.22. The second kappa shape index (κ2) is 9.37. The number of rotatable bonds is 6. The zero-order valence-corrected chi connectivity index (χ0v) is 18.8. The summed E-state index contributed by atoms with van der Waals surface area (Å²) in [6.45, 7) is 1.98. The van der Waals surface area contributed by atoms with Crippen LogP contribution in [0.5, 0.6) is 11.5 Å². The van der Waals surface area contributed by atoms with Crippen LogP contribution in [0.3, 0.4) is 0 Å². The Morgan fingerprint density at radius 3 is 2.50 bits per heavy atom. The zero-order valence-electron chi connectivity index (χ0n) is 18.0. The van der Waals surface area contributed by atoms with Crippen LogP contribution >= 0.6 is 11.8 Å². The fourth-order valence-corrected chi connectivity index (χ4v) is 4.77. The summed E-state index contributed by atoms with van der Waals surface area (Å²) < 4.78 is 11.2. The van der Waals surface area contributed by atoms with Gasteiger partial charge in [-0.3, -0.25) is 14.5 Å². The first kappa shape index (κ1) is 21.8. The molecule has 2 saturated heterocycles. The summed E-state index contributed by atoms with van der Waals surface area (Å²) in [5, 5.41) is 8.93. The average Bonchev–Trinajstić information content (AvgIpc) is 3.44. The summed E-state index contributed by atoms with van der Waals surface area (Å²) in [6, 6.07) is 12.8. The third kappa shape index (κ3) is 4.16. The number of ether oxygens (including phenoxy) is 2. The number of benzene rings is 2. The summed E-state index contributed by atoms with van der Waals surface area (Å²) in [7, 11) is 3.20. The van der Waals surface area contributed by atoms with E-state index < -0.39 is 5.91 Å². The average molecular weight is 450 g/mol. The van der Waals surface area contributed by atoms with Gasteiger partial charge in [0.05, 0.1) is 43.0 Å². The number of nitriles is 1. The Morgan fingerprint density at radius 1 is 1.09 bits per heavy atom. The lowest BCUT2D eigenvalue weighted by atomic mass is 10.1. The third-order valence-electron chi connectivity index (χ3n) is 5.60. The predicted octanol–water partition coefficient (Wildman–Crippen LogP) is 4.41. The molecule has 0 saturated carbocycles. The quantitative estimate of drug-likeness (QED) is 0.604. The standard InChI is InChI=1S/C24H23N3O4S/c1-30-20-13-19(26-9-5-6-10-26)21(31-2)11-18(20)12-22-23(28)27(24(29)32-22)15-17-8-4-3-7-16(17)14-25/h3-4,7-8,11-13H,5-6,9-10,15H2,1-2H3/b22-12+. The highest BCUT2D eigenvalue weighted by Crippen LogP contribution is 2.40. The minimum atomic E-state index is -0.391. The van der Waals surface area contributed by atoms with Gasteiger partial charge in [-0.15, -0.1) is 0 Å². The number of amides is 2. The highest BCUT2D eigenvalue weighted by molar-refractivity contribution is 8.18. The second-order valence-electron chi connectivity index (χ2n) is 7.50. The zero-order chi connectivity index (χ0) is 22.7. The van der Waals surface area contributed by atoms with Crippen molar-refractivity contribution >= 4 is 34.7 Å². The number of nitrogens with zero attached hydrogens (tertiary/aromatic N) is 3. The van der Waals surface area contributed by atoms with Crippen LogP contribution in [-0.4, -0.2) is 43.4 Å². The number of carbonyl (C=O) groups is 2. The molecular formula is C24H23N3O4S. The largest absolute Gasteiger partial charge is 0.496 e. The van der Waals surface area contributed by atoms with E-state index in [1.54, 1.807) is 44.6 Å². The van der Waals surface area contributed by atoms with Crippen molar-refractivity contribution in [3.05, 3.63) is 58.0 Å². The Morgan fingerprint density at radius 2 is 1.81 bits per heavy atom. The van der Waals surface area contributed by atoms with E-state index in [1.807, 2.05) is 12.1 Å². The summed E-state index contributed by atoms with van der Waals surface area (Å²) >= 11 is 0.880. The van der Waals surface area contributed by atoms with E-state index in [1.165, 1.54) is 0 Å². The Balaban J connectivity index is 1.64. The molecule has 0 atom stereocenters. The molecule has 0 bridgehead atoms. The van der Waals surface area contributed by atoms with Crippen LogP contribution in [0.1, 0.15) is 29.5 Å². The molecule has 2 aliphatic rings. The lowest BCUT2D eigenvalue weighted by molar-refractivity contribution is -0.123. The number of carbonyl (C=O) groups excluding carboxylic acids is 2. The number of thioether (sulfide) groups is 1. The van der Waals surface area contributed by atoms with Gasteiger partial charge in [-0.25, -0.2) is 0 Å². The molecule has 0 radical (unpaired) electrons. The second-order valence-corrected chi connectivity index (χ2v) is 8.49. The van der Waals surface area contributed by atoms with Crippen LogP contribution in [0.4, 0.5) is 10.5 Å². The van der Waals surface area contributed by atoms with Crippen molar-refractivity contribution in [1.82, 2.24) is 4.90 Å². The minimum Gasteiger partial charge on any atom is -0.496 e. The highest BCUT2D eigenvalue weighted by atomic mass is 32.2. The molecule has 7 nitrogen and oxygen atoms in total. The smallest absolute Gasteiger partial charge is 0.293 e. The minimum absolute atomic E-state index is 0.0556. The molecule has 32 heavy (non-hydrogen) atoms. The van der Waals surface area contributed by atoms with Crippen LogP contribution in [-0.2, 0) is 11.3 Å². The molecule has 2 aliphatic heterocycles. The Kier molecular flexibility index (Phi) is 6.37. The van der Waals surface area contributed by atoms with Gasteiger partial charge in [0.2, 0.25) is 0 Å².